The summed E-state index contributed by atoms with van der Waals surface area (Å²) >= 11 is 0. The lowest BCUT2D eigenvalue weighted by molar-refractivity contribution is 0.262. The lowest BCUT2D eigenvalue weighted by atomic mass is 9.92. The van der Waals surface area contributed by atoms with Crippen LogP contribution in [0.3, 0.4) is 0 Å². The topological polar surface area (TPSA) is 127 Å². The molecule has 0 aliphatic heterocycles. The van der Waals surface area contributed by atoms with Crippen LogP contribution in [0.4, 0.5) is 16.3 Å². The molecule has 0 fully saturated rings. The lowest BCUT2D eigenvalue weighted by Crippen LogP contribution is -2.21. The molecule has 2 amide bonds. The molecule has 3 N–H and O–H groups in total. The molecule has 10 nitrogen and oxygen atoms in total. The van der Waals surface area contributed by atoms with E-state index < -0.39 is 6.03 Å². The molecular formula is C32H29N7O3. The first kappa shape index (κ1) is 26.7. The highest BCUT2D eigenvalue weighted by atomic mass is 16.5. The van der Waals surface area contributed by atoms with Gasteiger partial charge in [0.15, 0.2) is 11.4 Å². The second kappa shape index (κ2) is 10.5. The van der Waals surface area contributed by atoms with Crippen molar-refractivity contribution < 1.29 is 9.53 Å². The number of aryl methyl sites for hydroxylation is 1. The molecule has 3 heterocycles. The van der Waals surface area contributed by atoms with Gasteiger partial charge in [0, 0.05) is 34.5 Å². The van der Waals surface area contributed by atoms with E-state index in [9.17, 15) is 9.59 Å². The normalized spacial score (nSPS) is 11.5. The number of fused-ring (bicyclic) bond motifs is 2. The summed E-state index contributed by atoms with van der Waals surface area (Å²) in [5.74, 6) is 1.51. The predicted octanol–water partition coefficient (Wildman–Crippen LogP) is 6.70. The third-order valence-electron chi connectivity index (χ3n) is 6.80. The largest absolute Gasteiger partial charge is 0.454 e. The van der Waals surface area contributed by atoms with Crippen LogP contribution in [-0.4, -0.2) is 30.8 Å². The first-order valence-electron chi connectivity index (χ1n) is 13.4. The van der Waals surface area contributed by atoms with Crippen molar-refractivity contribution in [3.63, 3.8) is 0 Å². The van der Waals surface area contributed by atoms with Crippen molar-refractivity contribution >= 4 is 39.5 Å². The van der Waals surface area contributed by atoms with E-state index in [0.717, 1.165) is 27.7 Å². The molecule has 210 valence electrons. The van der Waals surface area contributed by atoms with Crippen LogP contribution in [0.25, 0.3) is 27.6 Å². The summed E-state index contributed by atoms with van der Waals surface area (Å²) in [6, 6.07) is 22.3. The van der Waals surface area contributed by atoms with Crippen LogP contribution in [0.5, 0.6) is 11.5 Å². The number of pyridine rings is 1. The van der Waals surface area contributed by atoms with E-state index in [1.807, 2.05) is 61.5 Å². The fraction of sp³-hybridized carbons (Fsp3) is 0.156. The van der Waals surface area contributed by atoms with E-state index in [1.54, 1.807) is 29.1 Å². The second-order valence-electron chi connectivity index (χ2n) is 11.0. The third kappa shape index (κ3) is 5.29. The molecule has 6 aromatic rings. The molecule has 3 aromatic carbocycles. The highest BCUT2D eigenvalue weighted by Crippen LogP contribution is 2.36. The molecule has 0 atom stereocenters. The van der Waals surface area contributed by atoms with Gasteiger partial charge in [0.05, 0.1) is 23.3 Å². The first-order chi connectivity index (χ1) is 20.2. The minimum atomic E-state index is -0.411. The molecule has 0 bridgehead atoms. The van der Waals surface area contributed by atoms with E-state index in [1.165, 1.54) is 6.20 Å². The maximum atomic E-state index is 13.3. The number of anilines is 2. The van der Waals surface area contributed by atoms with Crippen molar-refractivity contribution in [1.29, 1.82) is 0 Å². The molecule has 0 aliphatic carbocycles. The van der Waals surface area contributed by atoms with Crippen molar-refractivity contribution in [2.45, 2.75) is 33.1 Å². The van der Waals surface area contributed by atoms with Gasteiger partial charge in [-0.05, 0) is 31.2 Å². The number of H-pyrrole nitrogens is 1. The van der Waals surface area contributed by atoms with Crippen LogP contribution >= 0.6 is 0 Å². The zero-order valence-corrected chi connectivity index (χ0v) is 23.6. The Kier molecular flexibility index (Phi) is 6.66. The van der Waals surface area contributed by atoms with Crippen LogP contribution in [0.1, 0.15) is 32.0 Å². The van der Waals surface area contributed by atoms with Gasteiger partial charge in [0.1, 0.15) is 17.1 Å². The molecule has 0 saturated heterocycles. The van der Waals surface area contributed by atoms with Crippen molar-refractivity contribution in [3.05, 3.63) is 107 Å². The summed E-state index contributed by atoms with van der Waals surface area (Å²) in [5, 5.41) is 12.3. The van der Waals surface area contributed by atoms with Crippen molar-refractivity contribution in [2.24, 2.45) is 0 Å². The fourth-order valence-electron chi connectivity index (χ4n) is 4.59. The number of aromatic nitrogens is 5. The lowest BCUT2D eigenvalue weighted by Gasteiger charge is -2.15. The van der Waals surface area contributed by atoms with Gasteiger partial charge >= 0.3 is 6.03 Å². The van der Waals surface area contributed by atoms with Crippen LogP contribution in [-0.2, 0) is 5.41 Å². The van der Waals surface area contributed by atoms with Crippen LogP contribution in [0.15, 0.2) is 90.0 Å². The molecule has 42 heavy (non-hydrogen) atoms. The molecule has 3 aromatic heterocycles. The molecule has 6 rings (SSSR count). The van der Waals surface area contributed by atoms with Crippen molar-refractivity contribution in [1.82, 2.24) is 24.7 Å². The van der Waals surface area contributed by atoms with Crippen LogP contribution in [0.2, 0.25) is 0 Å². The highest BCUT2D eigenvalue weighted by molar-refractivity contribution is 6.07. The van der Waals surface area contributed by atoms with E-state index in [4.69, 9.17) is 9.84 Å². The Hall–Kier alpha value is -5.51. The van der Waals surface area contributed by atoms with Gasteiger partial charge in [-0.3, -0.25) is 10.1 Å². The number of benzene rings is 3. The second-order valence-corrected chi connectivity index (χ2v) is 11.0. The quantitative estimate of drug-likeness (QED) is 0.216. The summed E-state index contributed by atoms with van der Waals surface area (Å²) in [4.78, 5) is 36.2. The predicted molar refractivity (Wildman–Crippen MR) is 164 cm³/mol. The van der Waals surface area contributed by atoms with Gasteiger partial charge in [-0.15, -0.1) is 0 Å². The Morgan fingerprint density at radius 3 is 2.43 bits per heavy atom. The summed E-state index contributed by atoms with van der Waals surface area (Å²) in [6.07, 6.45) is 2.75. The number of aromatic amines is 1. The Labute approximate surface area is 241 Å². The number of ether oxygens (including phenoxy) is 1. The third-order valence-corrected chi connectivity index (χ3v) is 6.80. The zero-order chi connectivity index (χ0) is 29.4. The first-order valence-corrected chi connectivity index (χ1v) is 13.4. The Balaban J connectivity index is 1.30. The summed E-state index contributed by atoms with van der Waals surface area (Å²) in [7, 11) is 0. The van der Waals surface area contributed by atoms with Gasteiger partial charge in [-0.25, -0.2) is 19.4 Å². The molecule has 10 heteroatoms. The average molecular weight is 560 g/mol. The van der Waals surface area contributed by atoms with Gasteiger partial charge in [0.2, 0.25) is 0 Å². The number of hydrogen-bond acceptors (Lipinski definition) is 6. The smallest absolute Gasteiger partial charge is 0.324 e. The molecule has 0 radical (unpaired) electrons. The summed E-state index contributed by atoms with van der Waals surface area (Å²) in [6.45, 7) is 8.27. The molecular weight excluding hydrogens is 530 g/mol. The number of hydrogen-bond donors (Lipinski definition) is 3. The maximum absolute atomic E-state index is 13.3. The van der Waals surface area contributed by atoms with E-state index in [-0.39, 0.29) is 11.0 Å². The monoisotopic (exact) mass is 559 g/mol. The van der Waals surface area contributed by atoms with Crippen molar-refractivity contribution in [2.75, 3.05) is 10.6 Å². The molecule has 0 unspecified atom stereocenters. The van der Waals surface area contributed by atoms with E-state index >= 15 is 0 Å². The standard InChI is InChI=1S/C32H29N7O3/c1-19-9-11-20(12-10-19)39-27(17-26(38-39)32(2,3)4)36-31(41)35-23-13-14-24(22-8-6-5-7-21(22)23)42-25-15-16-33-30-29(25)37-28(40)18-34-30/h5-18H,1-4H3,(H,37,40)(H2,35,36,41). The number of nitrogens with one attached hydrogen (secondary N) is 3. The van der Waals surface area contributed by atoms with E-state index in [2.05, 4.69) is 46.4 Å². The Morgan fingerprint density at radius 2 is 1.67 bits per heavy atom. The van der Waals surface area contributed by atoms with Gasteiger partial charge in [0.25, 0.3) is 5.56 Å². The Bertz CT molecular complexity index is 2000. The summed E-state index contributed by atoms with van der Waals surface area (Å²) in [5.41, 5.74) is 3.63. The van der Waals surface area contributed by atoms with Gasteiger partial charge in [-0.2, -0.15) is 5.10 Å². The average Bonchev–Trinajstić information content (AvgIpc) is 3.39. The SMILES string of the molecule is Cc1ccc(-n2nc(C(C)(C)C)cc2NC(=O)Nc2ccc(Oc3ccnc4ncc(=O)[nH]c34)c3ccccc23)cc1. The molecule has 0 aliphatic rings. The van der Waals surface area contributed by atoms with Crippen LogP contribution in [0, 0.1) is 6.92 Å². The number of nitrogens with zero attached hydrogens (tertiary/aromatic N) is 4. The number of rotatable bonds is 5. The van der Waals surface area contributed by atoms with E-state index in [0.29, 0.717) is 34.2 Å². The molecule has 0 spiro atoms. The maximum Gasteiger partial charge on any atom is 0.324 e. The number of amides is 2. The minimum Gasteiger partial charge on any atom is -0.454 e. The zero-order valence-electron chi connectivity index (χ0n) is 23.6. The van der Waals surface area contributed by atoms with Crippen molar-refractivity contribution in [3.8, 4) is 17.2 Å². The summed E-state index contributed by atoms with van der Waals surface area (Å²) < 4.78 is 7.98. The fourth-order valence-corrected chi connectivity index (χ4v) is 4.59. The molecule has 0 saturated carbocycles. The number of carbonyl (C=O) groups is 1. The Morgan fingerprint density at radius 1 is 0.905 bits per heavy atom. The number of carbonyl (C=O) groups excluding carboxylic acids is 1. The number of urea groups is 1. The van der Waals surface area contributed by atoms with Gasteiger partial charge in [-0.1, -0.05) is 62.7 Å². The minimum absolute atomic E-state index is 0.210. The van der Waals surface area contributed by atoms with Crippen LogP contribution < -0.4 is 20.9 Å². The highest BCUT2D eigenvalue weighted by Gasteiger charge is 2.22. The van der Waals surface area contributed by atoms with Gasteiger partial charge < -0.3 is 15.0 Å².